The van der Waals surface area contributed by atoms with Crippen LogP contribution >= 0.6 is 12.2 Å². The summed E-state index contributed by atoms with van der Waals surface area (Å²) in [5, 5.41) is 9.16. The summed E-state index contributed by atoms with van der Waals surface area (Å²) in [6, 6.07) is 9.81. The summed E-state index contributed by atoms with van der Waals surface area (Å²) in [6.07, 6.45) is 2.24. The van der Waals surface area contributed by atoms with E-state index in [1.807, 2.05) is 35.2 Å². The van der Waals surface area contributed by atoms with Crippen molar-refractivity contribution in [1.82, 2.24) is 4.90 Å². The van der Waals surface area contributed by atoms with E-state index < -0.39 is 5.92 Å². The normalized spacial score (nSPS) is 17.5. The minimum absolute atomic E-state index is 0.0164. The number of amides is 1. The minimum Gasteiger partial charge on any atom is -0.396 e. The summed E-state index contributed by atoms with van der Waals surface area (Å²) < 4.78 is 0. The lowest BCUT2D eigenvalue weighted by atomic mass is 9.94. The first-order valence-electron chi connectivity index (χ1n) is 7.34. The van der Waals surface area contributed by atoms with Crippen LogP contribution < -0.4 is 5.73 Å². The van der Waals surface area contributed by atoms with Crippen molar-refractivity contribution in [1.29, 1.82) is 0 Å². The third-order valence-corrected chi connectivity index (χ3v) is 4.39. The van der Waals surface area contributed by atoms with Gasteiger partial charge in [-0.3, -0.25) is 4.79 Å². The first-order valence-corrected chi connectivity index (χ1v) is 7.75. The predicted molar refractivity (Wildman–Crippen MR) is 86.8 cm³/mol. The van der Waals surface area contributed by atoms with Gasteiger partial charge in [-0.1, -0.05) is 42.5 Å². The van der Waals surface area contributed by atoms with Gasteiger partial charge < -0.3 is 15.7 Å². The monoisotopic (exact) mass is 306 g/mol. The first kappa shape index (κ1) is 15.9. The lowest BCUT2D eigenvalue weighted by molar-refractivity contribution is -0.134. The molecule has 1 aromatic rings. The molecule has 1 saturated heterocycles. The molecule has 21 heavy (non-hydrogen) atoms. The maximum absolute atomic E-state index is 12.6. The number of carbonyl (C=O) groups excluding carboxylic acids is 1. The van der Waals surface area contributed by atoms with E-state index >= 15 is 0 Å². The number of carbonyl (C=O) groups is 1. The van der Waals surface area contributed by atoms with E-state index in [1.165, 1.54) is 0 Å². The highest BCUT2D eigenvalue weighted by Gasteiger charge is 2.29. The molecule has 1 amide bonds. The molecule has 1 fully saturated rings. The summed E-state index contributed by atoms with van der Waals surface area (Å²) in [5.74, 6) is -0.109. The maximum atomic E-state index is 12.6. The van der Waals surface area contributed by atoms with Gasteiger partial charge in [-0.05, 0) is 30.7 Å². The number of nitrogens with two attached hydrogens (primary N) is 1. The van der Waals surface area contributed by atoms with Crippen molar-refractivity contribution >= 4 is 23.1 Å². The van der Waals surface area contributed by atoms with Gasteiger partial charge in [0.15, 0.2) is 0 Å². The average Bonchev–Trinajstić information content (AvgIpc) is 2.53. The zero-order valence-electron chi connectivity index (χ0n) is 12.1. The van der Waals surface area contributed by atoms with Crippen molar-refractivity contribution in [3.63, 3.8) is 0 Å². The molecule has 1 atom stereocenters. The van der Waals surface area contributed by atoms with Crippen molar-refractivity contribution < 1.29 is 9.90 Å². The first-order chi connectivity index (χ1) is 10.1. The maximum Gasteiger partial charge on any atom is 0.232 e. The van der Waals surface area contributed by atoms with E-state index in [1.54, 1.807) is 0 Å². The summed E-state index contributed by atoms with van der Waals surface area (Å²) in [5.41, 5.74) is 6.85. The second-order valence-electron chi connectivity index (χ2n) is 5.60. The van der Waals surface area contributed by atoms with Crippen LogP contribution in [0.4, 0.5) is 0 Å². The number of aliphatic hydroxyl groups excluding tert-OH is 1. The topological polar surface area (TPSA) is 66.6 Å². The van der Waals surface area contributed by atoms with Gasteiger partial charge in [0.05, 0.1) is 10.9 Å². The summed E-state index contributed by atoms with van der Waals surface area (Å²) in [7, 11) is 0. The van der Waals surface area contributed by atoms with E-state index in [2.05, 4.69) is 0 Å². The van der Waals surface area contributed by atoms with E-state index in [0.29, 0.717) is 25.4 Å². The van der Waals surface area contributed by atoms with Crippen molar-refractivity contribution in [2.24, 2.45) is 17.6 Å². The van der Waals surface area contributed by atoms with E-state index in [-0.39, 0.29) is 17.5 Å². The molecule has 0 aromatic heterocycles. The van der Waals surface area contributed by atoms with Crippen molar-refractivity contribution in [3.8, 4) is 0 Å². The molecule has 3 N–H and O–H groups in total. The largest absolute Gasteiger partial charge is 0.396 e. The average molecular weight is 306 g/mol. The molecule has 1 aliphatic rings. The molecule has 4 nitrogen and oxygen atoms in total. The van der Waals surface area contributed by atoms with E-state index in [4.69, 9.17) is 23.1 Å². The lowest BCUT2D eigenvalue weighted by Crippen LogP contribution is -2.46. The number of aliphatic hydroxyl groups is 1. The second kappa shape index (κ2) is 7.52. The van der Waals surface area contributed by atoms with Gasteiger partial charge in [0.1, 0.15) is 0 Å². The molecule has 1 unspecified atom stereocenters. The smallest absolute Gasteiger partial charge is 0.232 e. The van der Waals surface area contributed by atoms with Gasteiger partial charge in [-0.2, -0.15) is 0 Å². The molecular weight excluding hydrogens is 284 g/mol. The third kappa shape index (κ3) is 4.25. The lowest BCUT2D eigenvalue weighted by Gasteiger charge is -2.33. The Hall–Kier alpha value is -1.46. The van der Waals surface area contributed by atoms with Crippen LogP contribution in [0.25, 0.3) is 0 Å². The van der Waals surface area contributed by atoms with Gasteiger partial charge in [0.2, 0.25) is 5.91 Å². The van der Waals surface area contributed by atoms with Gasteiger partial charge in [-0.15, -0.1) is 0 Å². The molecule has 5 heteroatoms. The van der Waals surface area contributed by atoms with Crippen LogP contribution in [0.5, 0.6) is 0 Å². The number of nitrogens with zero attached hydrogens (tertiary/aromatic N) is 1. The summed E-state index contributed by atoms with van der Waals surface area (Å²) in [6.45, 7) is 1.56. The molecular formula is C16H22N2O2S. The molecule has 0 spiro atoms. The number of benzene rings is 1. The number of piperidine rings is 1. The Morgan fingerprint density at radius 1 is 1.33 bits per heavy atom. The zero-order chi connectivity index (χ0) is 15.2. The highest BCUT2D eigenvalue weighted by atomic mass is 32.1. The van der Waals surface area contributed by atoms with Crippen molar-refractivity contribution in [2.45, 2.75) is 19.3 Å². The Morgan fingerprint density at radius 3 is 2.48 bits per heavy atom. The zero-order valence-corrected chi connectivity index (χ0v) is 12.9. The van der Waals surface area contributed by atoms with Gasteiger partial charge in [0.25, 0.3) is 0 Å². The fraction of sp³-hybridized carbons (Fsp3) is 0.500. The van der Waals surface area contributed by atoms with Gasteiger partial charge in [0, 0.05) is 19.7 Å². The molecule has 0 saturated carbocycles. The van der Waals surface area contributed by atoms with Crippen LogP contribution in [0.2, 0.25) is 0 Å². The van der Waals surface area contributed by atoms with Crippen molar-refractivity contribution in [3.05, 3.63) is 35.9 Å². The number of hydrogen-bond acceptors (Lipinski definition) is 3. The molecule has 2 rings (SSSR count). The fourth-order valence-corrected chi connectivity index (χ4v) is 2.90. The molecule has 1 aliphatic heterocycles. The van der Waals surface area contributed by atoms with E-state index in [9.17, 15) is 4.79 Å². The Labute approximate surface area is 130 Å². The number of likely N-dealkylation sites (tertiary alicyclic amines) is 1. The third-order valence-electron chi connectivity index (χ3n) is 4.11. The molecule has 1 heterocycles. The minimum atomic E-state index is -0.437. The Morgan fingerprint density at radius 2 is 1.95 bits per heavy atom. The molecule has 1 aromatic carbocycles. The van der Waals surface area contributed by atoms with E-state index in [0.717, 1.165) is 18.4 Å². The van der Waals surface area contributed by atoms with Crippen LogP contribution in [0.3, 0.4) is 0 Å². The van der Waals surface area contributed by atoms with Crippen molar-refractivity contribution in [2.75, 3.05) is 19.7 Å². The summed E-state index contributed by atoms with van der Waals surface area (Å²) in [4.78, 5) is 14.7. The van der Waals surface area contributed by atoms with Crippen LogP contribution in [-0.2, 0) is 11.2 Å². The number of hydrogen-bond donors (Lipinski definition) is 2. The number of thiocarbonyl (C=S) groups is 1. The highest BCUT2D eigenvalue weighted by Crippen LogP contribution is 2.20. The van der Waals surface area contributed by atoms with Crippen LogP contribution in [-0.4, -0.2) is 40.6 Å². The molecule has 0 aliphatic carbocycles. The highest BCUT2D eigenvalue weighted by molar-refractivity contribution is 7.80. The van der Waals surface area contributed by atoms with Crippen LogP contribution in [0, 0.1) is 11.8 Å². The Balaban J connectivity index is 2.01. The Kier molecular flexibility index (Phi) is 5.70. The molecule has 0 bridgehead atoms. The van der Waals surface area contributed by atoms with Crippen LogP contribution in [0.15, 0.2) is 30.3 Å². The predicted octanol–water partition coefficient (Wildman–Crippen LogP) is 1.36. The van der Waals surface area contributed by atoms with Crippen LogP contribution in [0.1, 0.15) is 18.4 Å². The SMILES string of the molecule is NC(=S)C(Cc1ccccc1)C(=O)N1CCC(CO)CC1. The molecule has 114 valence electrons. The van der Waals surface area contributed by atoms with Gasteiger partial charge in [-0.25, -0.2) is 0 Å². The standard InChI is InChI=1S/C16H22N2O2S/c17-15(21)14(10-12-4-2-1-3-5-12)16(20)18-8-6-13(11-19)7-9-18/h1-5,13-14,19H,6-11H2,(H2,17,21). The second-order valence-corrected chi connectivity index (χ2v) is 6.07. The Bertz CT molecular complexity index is 484. The summed E-state index contributed by atoms with van der Waals surface area (Å²) >= 11 is 5.10. The quantitative estimate of drug-likeness (QED) is 0.806. The number of rotatable bonds is 5. The molecule has 0 radical (unpaired) electrons. The fourth-order valence-electron chi connectivity index (χ4n) is 2.72. The van der Waals surface area contributed by atoms with Gasteiger partial charge >= 0.3 is 0 Å².